The minimum Gasteiger partial charge on any atom is -0.315 e. The molecule has 96 valence electrons. The zero-order valence-electron chi connectivity index (χ0n) is 9.34. The molecule has 0 saturated carbocycles. The molecule has 2 atom stereocenters. The van der Waals surface area contributed by atoms with E-state index in [1.165, 1.54) is 11.8 Å². The predicted molar refractivity (Wildman–Crippen MR) is 75.5 cm³/mol. The van der Waals surface area contributed by atoms with Crippen molar-refractivity contribution in [1.82, 2.24) is 0 Å². The topological polar surface area (TPSA) is 61.2 Å². The SMILES string of the molecule is N=C1S[C@H]2CS(=O)(=O)C[C@@H]2N1c1ccccc1Cl. The maximum atomic E-state index is 11.7. The Morgan fingerprint density at radius 3 is 2.78 bits per heavy atom. The Morgan fingerprint density at radius 1 is 1.33 bits per heavy atom. The van der Waals surface area contributed by atoms with Crippen molar-refractivity contribution in [1.29, 1.82) is 5.41 Å². The van der Waals surface area contributed by atoms with Gasteiger partial charge in [-0.1, -0.05) is 35.5 Å². The van der Waals surface area contributed by atoms with E-state index in [-0.39, 0.29) is 22.8 Å². The van der Waals surface area contributed by atoms with Crippen LogP contribution in [0.5, 0.6) is 0 Å². The van der Waals surface area contributed by atoms with Crippen LogP contribution in [-0.4, -0.2) is 36.4 Å². The Bertz CT molecular complexity index is 617. The molecule has 1 aromatic rings. The number of hydrogen-bond acceptors (Lipinski definition) is 4. The van der Waals surface area contributed by atoms with Crippen LogP contribution in [0.2, 0.25) is 5.02 Å². The smallest absolute Gasteiger partial charge is 0.161 e. The van der Waals surface area contributed by atoms with E-state index < -0.39 is 9.84 Å². The first-order chi connectivity index (χ1) is 8.48. The number of amidine groups is 1. The number of nitrogens with one attached hydrogen (secondary N) is 1. The van der Waals surface area contributed by atoms with E-state index >= 15 is 0 Å². The molecule has 3 rings (SSSR count). The second kappa shape index (κ2) is 4.15. The van der Waals surface area contributed by atoms with Crippen molar-refractivity contribution < 1.29 is 8.42 Å². The average molecular weight is 303 g/mol. The maximum absolute atomic E-state index is 11.7. The van der Waals surface area contributed by atoms with Crippen LogP contribution in [0.4, 0.5) is 5.69 Å². The summed E-state index contributed by atoms with van der Waals surface area (Å²) in [6.07, 6.45) is 0. The van der Waals surface area contributed by atoms with Crippen molar-refractivity contribution in [2.75, 3.05) is 16.4 Å². The number of halogens is 1. The summed E-state index contributed by atoms with van der Waals surface area (Å²) in [4.78, 5) is 1.75. The summed E-state index contributed by atoms with van der Waals surface area (Å²) in [6.45, 7) is 0. The summed E-state index contributed by atoms with van der Waals surface area (Å²) in [5, 5.41) is 8.89. The first kappa shape index (κ1) is 12.3. The van der Waals surface area contributed by atoms with Gasteiger partial charge in [-0.2, -0.15) is 0 Å². The lowest BCUT2D eigenvalue weighted by Crippen LogP contribution is -2.37. The van der Waals surface area contributed by atoms with Gasteiger partial charge < -0.3 is 4.90 Å². The van der Waals surface area contributed by atoms with E-state index in [9.17, 15) is 8.42 Å². The van der Waals surface area contributed by atoms with E-state index in [1.54, 1.807) is 11.0 Å². The molecule has 18 heavy (non-hydrogen) atoms. The fraction of sp³-hybridized carbons (Fsp3) is 0.364. The highest BCUT2D eigenvalue weighted by Gasteiger charge is 2.48. The number of benzene rings is 1. The molecule has 2 aliphatic heterocycles. The van der Waals surface area contributed by atoms with Gasteiger partial charge in [0.25, 0.3) is 0 Å². The van der Waals surface area contributed by atoms with Gasteiger partial charge in [0.15, 0.2) is 15.0 Å². The lowest BCUT2D eigenvalue weighted by molar-refractivity contribution is 0.601. The Balaban J connectivity index is 2.02. The second-order valence-corrected chi connectivity index (χ2v) is 8.22. The van der Waals surface area contributed by atoms with Gasteiger partial charge in [-0.25, -0.2) is 8.42 Å². The van der Waals surface area contributed by atoms with Gasteiger partial charge in [0.1, 0.15) is 0 Å². The normalized spacial score (nSPS) is 29.6. The fourth-order valence-electron chi connectivity index (χ4n) is 2.44. The number of rotatable bonds is 1. The third kappa shape index (κ3) is 1.92. The van der Waals surface area contributed by atoms with E-state index in [0.29, 0.717) is 10.2 Å². The molecule has 0 unspecified atom stereocenters. The van der Waals surface area contributed by atoms with Crippen molar-refractivity contribution in [3.8, 4) is 0 Å². The average Bonchev–Trinajstić information content (AvgIpc) is 2.70. The minimum atomic E-state index is -2.98. The Morgan fingerprint density at radius 2 is 2.06 bits per heavy atom. The van der Waals surface area contributed by atoms with Crippen LogP contribution in [0.3, 0.4) is 0 Å². The molecule has 7 heteroatoms. The Kier molecular flexibility index (Phi) is 2.84. The summed E-state index contributed by atoms with van der Waals surface area (Å²) in [7, 11) is -2.98. The van der Waals surface area contributed by atoms with E-state index in [4.69, 9.17) is 17.0 Å². The van der Waals surface area contributed by atoms with Crippen molar-refractivity contribution in [3.05, 3.63) is 29.3 Å². The molecule has 0 aromatic heterocycles. The molecular weight excluding hydrogens is 292 g/mol. The highest BCUT2D eigenvalue weighted by atomic mass is 35.5. The molecule has 2 aliphatic rings. The summed E-state index contributed by atoms with van der Waals surface area (Å²) in [6, 6.07) is 7.08. The van der Waals surface area contributed by atoms with Crippen LogP contribution < -0.4 is 4.90 Å². The monoisotopic (exact) mass is 302 g/mol. The summed E-state index contributed by atoms with van der Waals surface area (Å²) < 4.78 is 23.3. The molecule has 1 N–H and O–H groups in total. The van der Waals surface area contributed by atoms with Crippen LogP contribution in [0.25, 0.3) is 0 Å². The van der Waals surface area contributed by atoms with Gasteiger partial charge in [-0.3, -0.25) is 5.41 Å². The number of nitrogens with zero attached hydrogens (tertiary/aromatic N) is 1. The zero-order chi connectivity index (χ0) is 12.9. The zero-order valence-corrected chi connectivity index (χ0v) is 11.7. The molecule has 0 bridgehead atoms. The van der Waals surface area contributed by atoms with E-state index in [1.807, 2.05) is 18.2 Å². The Labute approximate surface area is 115 Å². The van der Waals surface area contributed by atoms with Crippen molar-refractivity contribution >= 4 is 44.1 Å². The molecule has 2 saturated heterocycles. The molecular formula is C11H11ClN2O2S2. The molecule has 2 heterocycles. The van der Waals surface area contributed by atoms with Gasteiger partial charge in [0.2, 0.25) is 0 Å². The van der Waals surface area contributed by atoms with Crippen LogP contribution in [0.1, 0.15) is 0 Å². The molecule has 0 amide bonds. The van der Waals surface area contributed by atoms with E-state index in [2.05, 4.69) is 0 Å². The molecule has 2 fully saturated rings. The molecule has 1 aromatic carbocycles. The number of thioether (sulfide) groups is 1. The van der Waals surface area contributed by atoms with Crippen molar-refractivity contribution in [2.24, 2.45) is 0 Å². The lowest BCUT2D eigenvalue weighted by atomic mass is 10.2. The van der Waals surface area contributed by atoms with E-state index in [0.717, 1.165) is 5.69 Å². The first-order valence-corrected chi connectivity index (χ1v) is 8.55. The summed E-state index contributed by atoms with van der Waals surface area (Å²) in [5.41, 5.74) is 0.723. The van der Waals surface area contributed by atoms with Gasteiger partial charge in [0, 0.05) is 5.25 Å². The van der Waals surface area contributed by atoms with Crippen molar-refractivity contribution in [2.45, 2.75) is 11.3 Å². The summed E-state index contributed by atoms with van der Waals surface area (Å²) >= 11 is 7.46. The standard InChI is InChI=1S/C11H11ClN2O2S2/c12-7-3-1-2-4-8(7)14-9-5-18(15,16)6-10(9)17-11(14)13/h1-4,9-10,13H,5-6H2/t9-,10-/m0/s1. The lowest BCUT2D eigenvalue weighted by Gasteiger charge is -2.24. The van der Waals surface area contributed by atoms with Crippen molar-refractivity contribution in [3.63, 3.8) is 0 Å². The highest BCUT2D eigenvalue weighted by molar-refractivity contribution is 8.15. The quantitative estimate of drug-likeness (QED) is 0.862. The van der Waals surface area contributed by atoms with Crippen LogP contribution in [0, 0.1) is 5.41 Å². The molecule has 0 spiro atoms. The molecule has 4 nitrogen and oxygen atoms in total. The first-order valence-electron chi connectivity index (χ1n) is 5.47. The number of fused-ring (bicyclic) bond motifs is 1. The predicted octanol–water partition coefficient (Wildman–Crippen LogP) is 1.99. The van der Waals surface area contributed by atoms with Gasteiger partial charge in [-0.15, -0.1) is 0 Å². The van der Waals surface area contributed by atoms with Gasteiger partial charge >= 0.3 is 0 Å². The van der Waals surface area contributed by atoms with Gasteiger partial charge in [0.05, 0.1) is 28.3 Å². The molecule has 0 aliphatic carbocycles. The third-order valence-corrected chi connectivity index (χ3v) is 6.65. The van der Waals surface area contributed by atoms with Crippen LogP contribution in [0.15, 0.2) is 24.3 Å². The fourth-order valence-corrected chi connectivity index (χ4v) is 6.45. The number of sulfone groups is 1. The largest absolute Gasteiger partial charge is 0.315 e. The summed E-state index contributed by atoms with van der Waals surface area (Å²) in [5.74, 6) is 0.268. The maximum Gasteiger partial charge on any atom is 0.161 e. The third-order valence-electron chi connectivity index (χ3n) is 3.20. The highest BCUT2D eigenvalue weighted by Crippen LogP contribution is 2.42. The Hall–Kier alpha value is -0.720. The molecule has 0 radical (unpaired) electrons. The minimum absolute atomic E-state index is 0.0428. The van der Waals surface area contributed by atoms with Gasteiger partial charge in [-0.05, 0) is 12.1 Å². The number of hydrogen-bond donors (Lipinski definition) is 1. The van der Waals surface area contributed by atoms with Crippen LogP contribution in [-0.2, 0) is 9.84 Å². The second-order valence-electron chi connectivity index (χ2n) is 4.43. The number of para-hydroxylation sites is 1. The van der Waals surface area contributed by atoms with Crippen LogP contribution >= 0.6 is 23.4 Å². The number of anilines is 1.